The Labute approximate surface area is 242 Å². The van der Waals surface area contributed by atoms with E-state index in [1.165, 1.54) is 13.2 Å². The standard InChI is InChI=1S/C28H37F4N3O6S/c1-15-3-7-19(8-4-15)41-23-12-20(22(40-2)13-21(23)29)26(36)34-25-17-6-5-16(11-17)24(25)27(37)33-18-9-10-35(14-18)42(38,39)28(30,31)32/h12-13,15-19,24-25H,3-11,14H2,1-2H3,(H,33,37)(H,34,36)/t15?,16-,17+,18-,19?,24+,25-/m1/s1. The van der Waals surface area contributed by atoms with Crippen LogP contribution in [0.2, 0.25) is 0 Å². The second kappa shape index (κ2) is 11.8. The Balaban J connectivity index is 1.28. The van der Waals surface area contributed by atoms with Gasteiger partial charge in [0.1, 0.15) is 5.75 Å². The van der Waals surface area contributed by atoms with Crippen LogP contribution in [-0.2, 0) is 14.8 Å². The third-order valence-corrected chi connectivity index (χ3v) is 11.0. The van der Waals surface area contributed by atoms with Crippen molar-refractivity contribution in [3.63, 3.8) is 0 Å². The highest BCUT2D eigenvalue weighted by molar-refractivity contribution is 7.90. The summed E-state index contributed by atoms with van der Waals surface area (Å²) in [5.41, 5.74) is -5.34. The van der Waals surface area contributed by atoms with Gasteiger partial charge in [0, 0.05) is 31.2 Å². The molecule has 234 valence electrons. The molecule has 0 unspecified atom stereocenters. The van der Waals surface area contributed by atoms with Crippen LogP contribution in [0.1, 0.15) is 68.6 Å². The quantitative estimate of drug-likeness (QED) is 0.426. The molecule has 4 fully saturated rings. The Morgan fingerprint density at radius 2 is 1.67 bits per heavy atom. The highest BCUT2D eigenvalue weighted by Crippen LogP contribution is 2.49. The maximum atomic E-state index is 14.9. The zero-order valence-electron chi connectivity index (χ0n) is 23.6. The number of sulfonamides is 1. The monoisotopic (exact) mass is 619 g/mol. The van der Waals surface area contributed by atoms with E-state index >= 15 is 0 Å². The third kappa shape index (κ3) is 6.06. The Kier molecular flexibility index (Phi) is 8.68. The predicted octanol–water partition coefficient (Wildman–Crippen LogP) is 3.98. The number of ether oxygens (including phenoxy) is 2. The second-order valence-electron chi connectivity index (χ2n) is 12.1. The van der Waals surface area contributed by atoms with Crippen molar-refractivity contribution in [3.8, 4) is 11.5 Å². The van der Waals surface area contributed by atoms with Gasteiger partial charge in [-0.25, -0.2) is 12.8 Å². The van der Waals surface area contributed by atoms with Crippen molar-refractivity contribution in [2.45, 2.75) is 82.0 Å². The number of fused-ring (bicyclic) bond motifs is 2. The van der Waals surface area contributed by atoms with E-state index in [-0.39, 0.29) is 48.0 Å². The van der Waals surface area contributed by atoms with Gasteiger partial charge >= 0.3 is 15.5 Å². The van der Waals surface area contributed by atoms with Crippen LogP contribution in [0.15, 0.2) is 12.1 Å². The van der Waals surface area contributed by atoms with Crippen LogP contribution in [0, 0.1) is 29.5 Å². The van der Waals surface area contributed by atoms with Gasteiger partial charge in [-0.1, -0.05) is 6.92 Å². The molecule has 0 radical (unpaired) electrons. The number of benzene rings is 1. The average Bonchev–Trinajstić information content (AvgIpc) is 3.67. The minimum absolute atomic E-state index is 0.0202. The summed E-state index contributed by atoms with van der Waals surface area (Å²) in [5.74, 6) is -1.69. The van der Waals surface area contributed by atoms with Gasteiger partial charge in [-0.15, -0.1) is 0 Å². The first kappa shape index (κ1) is 30.8. The van der Waals surface area contributed by atoms with E-state index in [0.29, 0.717) is 16.6 Å². The fourth-order valence-corrected chi connectivity index (χ4v) is 8.13. The van der Waals surface area contributed by atoms with Crippen LogP contribution < -0.4 is 20.1 Å². The summed E-state index contributed by atoms with van der Waals surface area (Å²) in [6, 6.07) is 1.12. The van der Waals surface area contributed by atoms with Crippen molar-refractivity contribution in [1.82, 2.24) is 14.9 Å². The highest BCUT2D eigenvalue weighted by Gasteiger charge is 2.54. The number of amides is 2. The van der Waals surface area contributed by atoms with E-state index in [0.717, 1.165) is 44.6 Å². The van der Waals surface area contributed by atoms with Crippen LogP contribution in [0.25, 0.3) is 0 Å². The molecule has 0 aromatic heterocycles. The normalized spacial score (nSPS) is 31.6. The van der Waals surface area contributed by atoms with E-state index in [4.69, 9.17) is 9.47 Å². The van der Waals surface area contributed by atoms with Crippen molar-refractivity contribution in [1.29, 1.82) is 0 Å². The Morgan fingerprint density at radius 3 is 2.33 bits per heavy atom. The number of halogens is 4. The number of nitrogens with one attached hydrogen (secondary N) is 2. The van der Waals surface area contributed by atoms with Gasteiger partial charge < -0.3 is 20.1 Å². The molecule has 0 spiro atoms. The number of rotatable bonds is 8. The summed E-state index contributed by atoms with van der Waals surface area (Å²) < 4.78 is 88.9. The molecule has 5 atom stereocenters. The second-order valence-corrected chi connectivity index (χ2v) is 14.1. The number of carbonyl (C=O) groups excluding carboxylic acids is 2. The lowest BCUT2D eigenvalue weighted by molar-refractivity contribution is -0.127. The van der Waals surface area contributed by atoms with Crippen molar-refractivity contribution in [3.05, 3.63) is 23.5 Å². The van der Waals surface area contributed by atoms with Crippen LogP contribution in [-0.4, -0.2) is 68.4 Å². The first-order valence-corrected chi connectivity index (χ1v) is 15.9. The first-order chi connectivity index (χ1) is 19.8. The number of hydrogen-bond acceptors (Lipinski definition) is 6. The summed E-state index contributed by atoms with van der Waals surface area (Å²) in [5, 5.41) is 5.69. The molecule has 4 aliphatic rings. The minimum atomic E-state index is -5.48. The van der Waals surface area contributed by atoms with E-state index < -0.39 is 57.7 Å². The van der Waals surface area contributed by atoms with Gasteiger partial charge in [0.15, 0.2) is 11.6 Å². The van der Waals surface area contributed by atoms with E-state index in [2.05, 4.69) is 17.6 Å². The molecule has 1 aliphatic heterocycles. The summed E-state index contributed by atoms with van der Waals surface area (Å²) in [6.07, 6.45) is 5.69. The molecule has 1 aromatic rings. The Morgan fingerprint density at radius 1 is 0.976 bits per heavy atom. The molecule has 1 saturated heterocycles. The smallest absolute Gasteiger partial charge is 0.496 e. The van der Waals surface area contributed by atoms with Crippen molar-refractivity contribution in [2.75, 3.05) is 20.2 Å². The van der Waals surface area contributed by atoms with Crippen LogP contribution in [0.3, 0.4) is 0 Å². The molecule has 3 aliphatic carbocycles. The molecule has 14 heteroatoms. The number of hydrogen-bond donors (Lipinski definition) is 2. The fraction of sp³-hybridized carbons (Fsp3) is 0.714. The maximum absolute atomic E-state index is 14.9. The molecule has 1 heterocycles. The van der Waals surface area contributed by atoms with Gasteiger partial charge in [0.25, 0.3) is 5.91 Å². The van der Waals surface area contributed by atoms with Gasteiger partial charge in [-0.3, -0.25) is 9.59 Å². The summed E-state index contributed by atoms with van der Waals surface area (Å²) >= 11 is 0. The van der Waals surface area contributed by atoms with Gasteiger partial charge in [0.2, 0.25) is 5.91 Å². The van der Waals surface area contributed by atoms with Gasteiger partial charge in [0.05, 0.1) is 24.7 Å². The van der Waals surface area contributed by atoms with E-state index in [1.807, 2.05) is 0 Å². The largest absolute Gasteiger partial charge is 0.511 e. The zero-order chi connectivity index (χ0) is 30.4. The van der Waals surface area contributed by atoms with Crippen molar-refractivity contribution in [2.24, 2.45) is 23.7 Å². The first-order valence-electron chi connectivity index (χ1n) is 14.5. The third-order valence-electron chi connectivity index (χ3n) is 9.40. The lowest BCUT2D eigenvalue weighted by Crippen LogP contribution is -2.52. The molecule has 2 N–H and O–H groups in total. The molecule has 42 heavy (non-hydrogen) atoms. The number of carbonyl (C=O) groups is 2. The molecule has 9 nitrogen and oxygen atoms in total. The Hall–Kier alpha value is -2.61. The number of alkyl halides is 3. The average molecular weight is 620 g/mol. The molecule has 1 aromatic carbocycles. The number of nitrogens with zero attached hydrogens (tertiary/aromatic N) is 1. The Bertz CT molecular complexity index is 1300. The maximum Gasteiger partial charge on any atom is 0.511 e. The highest BCUT2D eigenvalue weighted by atomic mass is 32.2. The molecule has 5 rings (SSSR count). The van der Waals surface area contributed by atoms with E-state index in [9.17, 15) is 35.6 Å². The SMILES string of the molecule is COc1cc(F)c(OC2CCC(C)CC2)cc1C(=O)N[C@@H]1[C@H]2CC[C@H](C2)[C@@H]1C(=O)N[C@@H]1CCN(S(=O)(=O)C(F)(F)F)C1. The topological polar surface area (TPSA) is 114 Å². The lowest BCUT2D eigenvalue weighted by Gasteiger charge is -2.32. The summed E-state index contributed by atoms with van der Waals surface area (Å²) in [7, 11) is -4.15. The number of methoxy groups -OCH3 is 1. The summed E-state index contributed by atoms with van der Waals surface area (Å²) in [6.45, 7) is 1.34. The molecular formula is C28H37F4N3O6S. The predicted molar refractivity (Wildman–Crippen MR) is 144 cm³/mol. The lowest BCUT2D eigenvalue weighted by atomic mass is 9.83. The van der Waals surface area contributed by atoms with Crippen LogP contribution in [0.5, 0.6) is 11.5 Å². The van der Waals surface area contributed by atoms with E-state index in [1.54, 1.807) is 0 Å². The van der Waals surface area contributed by atoms with Gasteiger partial charge in [-0.05, 0) is 75.2 Å². The minimum Gasteiger partial charge on any atom is -0.496 e. The summed E-state index contributed by atoms with van der Waals surface area (Å²) in [4.78, 5) is 26.9. The van der Waals surface area contributed by atoms with Crippen molar-refractivity contribution >= 4 is 21.8 Å². The molecular weight excluding hydrogens is 582 g/mol. The molecule has 2 bridgehead atoms. The van der Waals surface area contributed by atoms with Crippen LogP contribution >= 0.6 is 0 Å². The van der Waals surface area contributed by atoms with Crippen molar-refractivity contribution < 1.29 is 45.0 Å². The van der Waals surface area contributed by atoms with Gasteiger partial charge in [-0.2, -0.15) is 17.5 Å². The van der Waals surface area contributed by atoms with Crippen LogP contribution in [0.4, 0.5) is 17.6 Å². The molecule has 2 amide bonds. The fourth-order valence-electron chi connectivity index (χ4n) is 7.11. The zero-order valence-corrected chi connectivity index (χ0v) is 24.4. The molecule has 3 saturated carbocycles.